The average molecular weight is 376 g/mol. The van der Waals surface area contributed by atoms with Crippen molar-refractivity contribution < 1.29 is 14.3 Å². The number of rotatable bonds is 0. The molecule has 1 unspecified atom stereocenters. The summed E-state index contributed by atoms with van der Waals surface area (Å²) in [5.41, 5.74) is 6.83. The number of nitriles is 1. The van der Waals surface area contributed by atoms with Crippen molar-refractivity contribution in [1.29, 1.82) is 5.26 Å². The standard InChI is InChI=1S/C24H12N2O3/c25-11-17-23(26)29-21-14-8-2-1-7-13(14)20(27)19(21)24(17)16-10-4-6-12-5-3-9-15(18(12)16)22(24)28/h1-10H,26H2. The molecule has 3 aromatic rings. The number of allylic oxidation sites excluding steroid dienone is 2. The number of carbonyl (C=O) groups excluding carboxylic acids is 2. The van der Waals surface area contributed by atoms with Crippen molar-refractivity contribution >= 4 is 28.1 Å². The van der Waals surface area contributed by atoms with Gasteiger partial charge in [0.05, 0.1) is 5.57 Å². The van der Waals surface area contributed by atoms with E-state index >= 15 is 0 Å². The lowest BCUT2D eigenvalue weighted by Crippen LogP contribution is -2.42. The highest BCUT2D eigenvalue weighted by Crippen LogP contribution is 2.57. The highest BCUT2D eigenvalue weighted by atomic mass is 16.5. The van der Waals surface area contributed by atoms with Crippen LogP contribution in [0.5, 0.6) is 0 Å². The Balaban J connectivity index is 1.81. The SMILES string of the molecule is N#CC1=C(N)OC2=C(C(=O)c3ccccc32)C12C(=O)c1cccc3cccc2c13. The summed E-state index contributed by atoms with van der Waals surface area (Å²) in [5.74, 6) is -0.510. The van der Waals surface area contributed by atoms with E-state index in [0.29, 0.717) is 22.3 Å². The maximum absolute atomic E-state index is 13.9. The molecule has 0 fully saturated rings. The number of nitrogens with zero attached hydrogens (tertiary/aromatic N) is 1. The van der Waals surface area contributed by atoms with Crippen LogP contribution in [0, 0.1) is 11.3 Å². The van der Waals surface area contributed by atoms with Crippen LogP contribution in [-0.4, -0.2) is 11.6 Å². The third kappa shape index (κ3) is 1.58. The second-order valence-corrected chi connectivity index (χ2v) is 7.32. The van der Waals surface area contributed by atoms with E-state index in [-0.39, 0.29) is 34.4 Å². The molecule has 0 bridgehead atoms. The summed E-state index contributed by atoms with van der Waals surface area (Å²) < 4.78 is 5.78. The van der Waals surface area contributed by atoms with Crippen LogP contribution in [0.25, 0.3) is 16.5 Å². The van der Waals surface area contributed by atoms with Gasteiger partial charge in [0.1, 0.15) is 22.8 Å². The van der Waals surface area contributed by atoms with Crippen molar-refractivity contribution in [1.82, 2.24) is 0 Å². The molecule has 3 aromatic carbocycles. The Hall–Kier alpha value is -4.17. The van der Waals surface area contributed by atoms with E-state index in [2.05, 4.69) is 6.07 Å². The normalized spacial score (nSPS) is 21.5. The highest BCUT2D eigenvalue weighted by molar-refractivity contribution is 6.33. The number of ether oxygens (including phenoxy) is 1. The minimum absolute atomic E-state index is 0.0360. The number of fused-ring (bicyclic) bond motifs is 4. The minimum atomic E-state index is -1.59. The van der Waals surface area contributed by atoms with Gasteiger partial charge in [0.25, 0.3) is 0 Å². The van der Waals surface area contributed by atoms with Crippen LogP contribution in [-0.2, 0) is 10.2 Å². The second-order valence-electron chi connectivity index (χ2n) is 7.32. The molecule has 0 aromatic heterocycles. The van der Waals surface area contributed by atoms with E-state index in [9.17, 15) is 14.9 Å². The number of hydrogen-bond donors (Lipinski definition) is 1. The Kier molecular flexibility index (Phi) is 2.73. The van der Waals surface area contributed by atoms with Gasteiger partial charge in [0, 0.05) is 16.7 Å². The van der Waals surface area contributed by atoms with Gasteiger partial charge in [-0.25, -0.2) is 0 Å². The molecule has 29 heavy (non-hydrogen) atoms. The predicted molar refractivity (Wildman–Crippen MR) is 106 cm³/mol. The summed E-state index contributed by atoms with van der Waals surface area (Å²) >= 11 is 0. The van der Waals surface area contributed by atoms with Crippen LogP contribution in [0.15, 0.2) is 77.7 Å². The van der Waals surface area contributed by atoms with E-state index in [4.69, 9.17) is 10.5 Å². The quantitative estimate of drug-likeness (QED) is 0.647. The summed E-state index contributed by atoms with van der Waals surface area (Å²) in [6, 6.07) is 20.1. The zero-order chi connectivity index (χ0) is 19.9. The number of carbonyl (C=O) groups is 2. The molecule has 0 saturated heterocycles. The molecule has 5 heteroatoms. The first kappa shape index (κ1) is 15.8. The van der Waals surface area contributed by atoms with Gasteiger partial charge in [-0.15, -0.1) is 0 Å². The first-order chi connectivity index (χ1) is 14.1. The van der Waals surface area contributed by atoms with Crippen LogP contribution in [0.4, 0.5) is 0 Å². The van der Waals surface area contributed by atoms with Crippen LogP contribution >= 0.6 is 0 Å². The van der Waals surface area contributed by atoms with Crippen molar-refractivity contribution in [2.24, 2.45) is 5.73 Å². The third-order valence-corrected chi connectivity index (χ3v) is 6.08. The van der Waals surface area contributed by atoms with Crippen molar-refractivity contribution in [3.63, 3.8) is 0 Å². The van der Waals surface area contributed by atoms with Crippen LogP contribution in [0.3, 0.4) is 0 Å². The first-order valence-electron chi connectivity index (χ1n) is 9.14. The predicted octanol–water partition coefficient (Wildman–Crippen LogP) is 3.61. The largest absolute Gasteiger partial charge is 0.439 e. The molecule has 1 spiro atoms. The maximum Gasteiger partial charge on any atom is 0.206 e. The second kappa shape index (κ2) is 5.00. The van der Waals surface area contributed by atoms with E-state index < -0.39 is 5.41 Å². The maximum atomic E-state index is 13.9. The van der Waals surface area contributed by atoms with E-state index in [1.54, 1.807) is 42.5 Å². The molecule has 1 aliphatic heterocycles. The molecule has 2 N–H and O–H groups in total. The van der Waals surface area contributed by atoms with Gasteiger partial charge >= 0.3 is 0 Å². The van der Waals surface area contributed by atoms with Crippen molar-refractivity contribution in [2.75, 3.05) is 0 Å². The Bertz CT molecular complexity index is 1430. The zero-order valence-corrected chi connectivity index (χ0v) is 15.0. The van der Waals surface area contributed by atoms with Crippen LogP contribution < -0.4 is 5.73 Å². The molecule has 3 aliphatic rings. The average Bonchev–Trinajstić information content (AvgIpc) is 3.16. The lowest BCUT2D eigenvalue weighted by molar-refractivity contribution is 0.0901. The van der Waals surface area contributed by atoms with Crippen molar-refractivity contribution in [3.05, 3.63) is 99.9 Å². The number of ketones is 2. The fourth-order valence-corrected chi connectivity index (χ4v) is 4.97. The van der Waals surface area contributed by atoms with Gasteiger partial charge in [0.15, 0.2) is 11.6 Å². The molecule has 0 amide bonds. The van der Waals surface area contributed by atoms with Gasteiger partial charge in [-0.1, -0.05) is 60.7 Å². The minimum Gasteiger partial charge on any atom is -0.439 e. The molecule has 6 rings (SSSR count). The van der Waals surface area contributed by atoms with Gasteiger partial charge in [-0.3, -0.25) is 9.59 Å². The summed E-state index contributed by atoms with van der Waals surface area (Å²) in [5, 5.41) is 11.6. The molecule has 0 saturated carbocycles. The summed E-state index contributed by atoms with van der Waals surface area (Å²) in [6.45, 7) is 0. The fourth-order valence-electron chi connectivity index (χ4n) is 4.97. The molecular formula is C24H12N2O3. The smallest absolute Gasteiger partial charge is 0.206 e. The highest BCUT2D eigenvalue weighted by Gasteiger charge is 2.61. The number of Topliss-reactive ketones (excluding diaryl/α,β-unsaturated/α-hetero) is 2. The third-order valence-electron chi connectivity index (χ3n) is 6.08. The van der Waals surface area contributed by atoms with E-state index in [1.807, 2.05) is 18.2 Å². The molecule has 0 radical (unpaired) electrons. The van der Waals surface area contributed by atoms with Gasteiger partial charge < -0.3 is 10.5 Å². The monoisotopic (exact) mass is 376 g/mol. The molecule has 5 nitrogen and oxygen atoms in total. The summed E-state index contributed by atoms with van der Waals surface area (Å²) in [4.78, 5) is 27.4. The molecular weight excluding hydrogens is 364 g/mol. The van der Waals surface area contributed by atoms with Crippen LogP contribution in [0.1, 0.15) is 31.8 Å². The number of benzene rings is 3. The van der Waals surface area contributed by atoms with Gasteiger partial charge in [0.2, 0.25) is 5.88 Å². The molecule has 136 valence electrons. The Morgan fingerprint density at radius 2 is 1.59 bits per heavy atom. The Labute approximate surface area is 165 Å². The first-order valence-corrected chi connectivity index (χ1v) is 9.14. The summed E-state index contributed by atoms with van der Waals surface area (Å²) in [6.07, 6.45) is 0. The van der Waals surface area contributed by atoms with Gasteiger partial charge in [-0.05, 0) is 16.3 Å². The Morgan fingerprint density at radius 1 is 0.897 bits per heavy atom. The molecule has 2 aliphatic carbocycles. The lowest BCUT2D eigenvalue weighted by Gasteiger charge is -2.34. The zero-order valence-electron chi connectivity index (χ0n) is 15.0. The number of nitrogens with two attached hydrogens (primary N) is 1. The van der Waals surface area contributed by atoms with Crippen LogP contribution in [0.2, 0.25) is 0 Å². The fraction of sp³-hybridized carbons (Fsp3) is 0.0417. The topological polar surface area (TPSA) is 93.2 Å². The molecule has 1 heterocycles. The van der Waals surface area contributed by atoms with E-state index in [0.717, 1.165) is 10.8 Å². The van der Waals surface area contributed by atoms with Gasteiger partial charge in [-0.2, -0.15) is 5.26 Å². The molecule has 1 atom stereocenters. The van der Waals surface area contributed by atoms with Crippen molar-refractivity contribution in [3.8, 4) is 6.07 Å². The summed E-state index contributed by atoms with van der Waals surface area (Å²) in [7, 11) is 0. The number of hydrogen-bond acceptors (Lipinski definition) is 5. The van der Waals surface area contributed by atoms with Crippen molar-refractivity contribution in [2.45, 2.75) is 5.41 Å². The Morgan fingerprint density at radius 3 is 2.34 bits per heavy atom. The van der Waals surface area contributed by atoms with E-state index in [1.165, 1.54) is 0 Å². The lowest BCUT2D eigenvalue weighted by atomic mass is 9.66.